The summed E-state index contributed by atoms with van der Waals surface area (Å²) >= 11 is 0. The zero-order valence-corrected chi connectivity index (χ0v) is 16.7. The van der Waals surface area contributed by atoms with E-state index in [1.165, 1.54) is 10.4 Å². The number of aryl methyl sites for hydroxylation is 1. The van der Waals surface area contributed by atoms with Crippen LogP contribution in [-0.4, -0.2) is 43.8 Å². The Morgan fingerprint density at radius 2 is 1.72 bits per heavy atom. The van der Waals surface area contributed by atoms with Gasteiger partial charge in [0, 0.05) is 30.7 Å². The predicted octanol–water partition coefficient (Wildman–Crippen LogP) is 2.27. The molecule has 0 aliphatic rings. The van der Waals surface area contributed by atoms with E-state index in [0.717, 1.165) is 18.4 Å². The van der Waals surface area contributed by atoms with Crippen molar-refractivity contribution in [2.45, 2.75) is 57.9 Å². The topological polar surface area (TPSA) is 92.5 Å². The summed E-state index contributed by atoms with van der Waals surface area (Å²) in [5.74, 6) is -0.300. The third-order valence-electron chi connectivity index (χ3n) is 4.81. The summed E-state index contributed by atoms with van der Waals surface area (Å²) in [5.41, 5.74) is 6.86. The van der Waals surface area contributed by atoms with Crippen molar-refractivity contribution in [3.8, 4) is 0 Å². The fraction of sp³-hybridized carbons (Fsp3) is 0.611. The molecule has 0 aromatic heterocycles. The maximum Gasteiger partial charge on any atom is 0.251 e. The molecule has 0 aliphatic heterocycles. The number of hydrogen-bond donors (Lipinski definition) is 2. The van der Waals surface area contributed by atoms with Gasteiger partial charge in [0.25, 0.3) is 5.91 Å². The Labute approximate surface area is 151 Å². The van der Waals surface area contributed by atoms with E-state index >= 15 is 0 Å². The number of benzene rings is 1. The highest BCUT2D eigenvalue weighted by molar-refractivity contribution is 7.89. The molecule has 6 nitrogen and oxygen atoms in total. The summed E-state index contributed by atoms with van der Waals surface area (Å²) < 4.78 is 26.7. The highest BCUT2D eigenvalue weighted by Crippen LogP contribution is 2.20. The standard InChI is InChI=1S/C18H31N3O3S/c1-6-18(19,7-2)13-20-17(22)16-12-15(11-10-14(16)5)25(23,24)21(8-3)9-4/h10-12H,6-9,13,19H2,1-5H3,(H,20,22). The molecule has 1 amide bonds. The van der Waals surface area contributed by atoms with Crippen molar-refractivity contribution in [2.24, 2.45) is 5.73 Å². The first kappa shape index (κ1) is 21.6. The van der Waals surface area contributed by atoms with Crippen LogP contribution >= 0.6 is 0 Å². The van der Waals surface area contributed by atoms with Gasteiger partial charge in [-0.3, -0.25) is 4.79 Å². The monoisotopic (exact) mass is 369 g/mol. The minimum absolute atomic E-state index is 0.136. The first-order valence-corrected chi connectivity index (χ1v) is 10.3. The van der Waals surface area contributed by atoms with Gasteiger partial charge in [0.15, 0.2) is 0 Å². The number of sulfonamides is 1. The highest BCUT2D eigenvalue weighted by Gasteiger charge is 2.25. The number of nitrogens with two attached hydrogens (primary N) is 1. The highest BCUT2D eigenvalue weighted by atomic mass is 32.2. The normalized spacial score (nSPS) is 12.4. The molecule has 0 saturated heterocycles. The number of nitrogens with one attached hydrogen (secondary N) is 1. The van der Waals surface area contributed by atoms with Crippen molar-refractivity contribution in [2.75, 3.05) is 19.6 Å². The lowest BCUT2D eigenvalue weighted by atomic mass is 9.94. The molecule has 3 N–H and O–H groups in total. The molecular weight excluding hydrogens is 338 g/mol. The van der Waals surface area contributed by atoms with E-state index in [-0.39, 0.29) is 10.8 Å². The van der Waals surface area contributed by atoms with Crippen molar-refractivity contribution in [1.29, 1.82) is 0 Å². The Balaban J connectivity index is 3.12. The summed E-state index contributed by atoms with van der Waals surface area (Å²) in [6, 6.07) is 4.67. The lowest BCUT2D eigenvalue weighted by Gasteiger charge is -2.27. The molecule has 1 aromatic rings. The van der Waals surface area contributed by atoms with Crippen molar-refractivity contribution >= 4 is 15.9 Å². The minimum atomic E-state index is -3.60. The van der Waals surface area contributed by atoms with Crippen LogP contribution in [0.5, 0.6) is 0 Å². The number of amides is 1. The molecule has 0 unspecified atom stereocenters. The zero-order chi connectivity index (χ0) is 19.3. The molecule has 1 rings (SSSR count). The van der Waals surface area contributed by atoms with Crippen molar-refractivity contribution in [3.63, 3.8) is 0 Å². The van der Waals surface area contributed by atoms with Gasteiger partial charge >= 0.3 is 0 Å². The van der Waals surface area contributed by atoms with Crippen LogP contribution in [0.1, 0.15) is 56.5 Å². The van der Waals surface area contributed by atoms with E-state index in [9.17, 15) is 13.2 Å². The Hall–Kier alpha value is -1.44. The largest absolute Gasteiger partial charge is 0.350 e. The third kappa shape index (κ3) is 5.03. The van der Waals surface area contributed by atoms with Crippen LogP contribution < -0.4 is 11.1 Å². The lowest BCUT2D eigenvalue weighted by Crippen LogP contribution is -2.49. The van der Waals surface area contributed by atoms with Gasteiger partial charge in [-0.25, -0.2) is 8.42 Å². The van der Waals surface area contributed by atoms with Crippen molar-refractivity contribution in [1.82, 2.24) is 9.62 Å². The minimum Gasteiger partial charge on any atom is -0.350 e. The van der Waals surface area contributed by atoms with E-state index in [0.29, 0.717) is 25.2 Å². The quantitative estimate of drug-likeness (QED) is 0.698. The van der Waals surface area contributed by atoms with Crippen LogP contribution in [0.15, 0.2) is 23.1 Å². The Bertz CT molecular complexity index is 694. The van der Waals surface area contributed by atoms with Gasteiger partial charge in [0.1, 0.15) is 0 Å². The van der Waals surface area contributed by atoms with Crippen LogP contribution in [0.25, 0.3) is 0 Å². The molecule has 0 spiro atoms. The fourth-order valence-corrected chi connectivity index (χ4v) is 4.06. The summed E-state index contributed by atoms with van der Waals surface area (Å²) in [6.45, 7) is 10.5. The van der Waals surface area contributed by atoms with E-state index in [4.69, 9.17) is 5.73 Å². The third-order valence-corrected chi connectivity index (χ3v) is 6.85. The Kier molecular flexibility index (Phi) is 7.59. The summed E-state index contributed by atoms with van der Waals surface area (Å²) in [6.07, 6.45) is 1.50. The summed E-state index contributed by atoms with van der Waals surface area (Å²) in [5, 5.41) is 2.85. The molecular formula is C18H31N3O3S. The predicted molar refractivity (Wildman–Crippen MR) is 101 cm³/mol. The number of hydrogen-bond acceptors (Lipinski definition) is 4. The number of carbonyl (C=O) groups excluding carboxylic acids is 1. The zero-order valence-electron chi connectivity index (χ0n) is 15.9. The number of rotatable bonds is 9. The number of nitrogens with zero attached hydrogens (tertiary/aromatic N) is 1. The maximum atomic E-state index is 12.7. The molecule has 0 radical (unpaired) electrons. The van der Waals surface area contributed by atoms with E-state index < -0.39 is 15.6 Å². The van der Waals surface area contributed by atoms with Crippen LogP contribution in [0, 0.1) is 6.92 Å². The molecule has 0 heterocycles. The van der Waals surface area contributed by atoms with Crippen LogP contribution in [0.4, 0.5) is 0 Å². The molecule has 0 atom stereocenters. The molecule has 142 valence electrons. The lowest BCUT2D eigenvalue weighted by molar-refractivity contribution is 0.0941. The van der Waals surface area contributed by atoms with Gasteiger partial charge in [-0.15, -0.1) is 0 Å². The SMILES string of the molecule is CCN(CC)S(=O)(=O)c1ccc(C)c(C(=O)NCC(N)(CC)CC)c1. The van der Waals surface area contributed by atoms with Crippen LogP contribution in [0.3, 0.4) is 0 Å². The first-order chi connectivity index (χ1) is 11.6. The average Bonchev–Trinajstić information content (AvgIpc) is 2.60. The van der Waals surface area contributed by atoms with E-state index in [2.05, 4.69) is 5.32 Å². The first-order valence-electron chi connectivity index (χ1n) is 8.83. The Morgan fingerprint density at radius 1 is 1.16 bits per heavy atom. The second-order valence-corrected chi connectivity index (χ2v) is 8.26. The maximum absolute atomic E-state index is 12.7. The van der Waals surface area contributed by atoms with Gasteiger partial charge in [-0.1, -0.05) is 33.8 Å². The van der Waals surface area contributed by atoms with E-state index in [1.54, 1.807) is 32.9 Å². The van der Waals surface area contributed by atoms with Gasteiger partial charge in [-0.2, -0.15) is 4.31 Å². The van der Waals surface area contributed by atoms with Gasteiger partial charge in [0.2, 0.25) is 10.0 Å². The van der Waals surface area contributed by atoms with Crippen LogP contribution in [-0.2, 0) is 10.0 Å². The van der Waals surface area contributed by atoms with Crippen molar-refractivity contribution < 1.29 is 13.2 Å². The van der Waals surface area contributed by atoms with Crippen molar-refractivity contribution in [3.05, 3.63) is 29.3 Å². The summed E-state index contributed by atoms with van der Waals surface area (Å²) in [7, 11) is -3.60. The molecule has 0 fully saturated rings. The smallest absolute Gasteiger partial charge is 0.251 e. The second-order valence-electron chi connectivity index (χ2n) is 6.32. The molecule has 0 bridgehead atoms. The van der Waals surface area contributed by atoms with Gasteiger partial charge < -0.3 is 11.1 Å². The van der Waals surface area contributed by atoms with E-state index in [1.807, 2.05) is 13.8 Å². The summed E-state index contributed by atoms with van der Waals surface area (Å²) in [4.78, 5) is 12.7. The molecule has 7 heteroatoms. The Morgan fingerprint density at radius 3 is 2.20 bits per heavy atom. The average molecular weight is 370 g/mol. The molecule has 0 saturated carbocycles. The molecule has 25 heavy (non-hydrogen) atoms. The molecule has 1 aromatic carbocycles. The van der Waals surface area contributed by atoms with Gasteiger partial charge in [0.05, 0.1) is 4.90 Å². The fourth-order valence-electron chi connectivity index (χ4n) is 2.57. The van der Waals surface area contributed by atoms with Gasteiger partial charge in [-0.05, 0) is 37.5 Å². The number of carbonyl (C=O) groups is 1. The van der Waals surface area contributed by atoms with Crippen LogP contribution in [0.2, 0.25) is 0 Å². The molecule has 0 aliphatic carbocycles. The second kappa shape index (κ2) is 8.78.